The van der Waals surface area contributed by atoms with E-state index in [4.69, 9.17) is 15.2 Å². The van der Waals surface area contributed by atoms with E-state index in [1.807, 2.05) is 39.0 Å². The fraction of sp³-hybridized carbons (Fsp3) is 0.571. The smallest absolute Gasteiger partial charge is 0.136 e. The van der Waals surface area contributed by atoms with Crippen LogP contribution in [0, 0.1) is 0 Å². The number of hydrogen-bond donors (Lipinski definition) is 1. The number of ether oxygens (including phenoxy) is 2. The molecule has 0 atom stereocenters. The van der Waals surface area contributed by atoms with Crippen molar-refractivity contribution in [1.82, 2.24) is 0 Å². The van der Waals surface area contributed by atoms with Crippen LogP contribution in [-0.4, -0.2) is 25.4 Å². The highest BCUT2D eigenvalue weighted by atomic mass is 79.9. The molecule has 0 saturated carbocycles. The molecule has 3 nitrogen and oxygen atoms in total. The number of benzene rings is 1. The van der Waals surface area contributed by atoms with Gasteiger partial charge in [-0.05, 0) is 61.3 Å². The highest BCUT2D eigenvalue weighted by Crippen LogP contribution is 2.29. The maximum absolute atomic E-state index is 5.79. The van der Waals surface area contributed by atoms with E-state index in [9.17, 15) is 0 Å². The van der Waals surface area contributed by atoms with Crippen molar-refractivity contribution in [3.05, 3.63) is 28.2 Å². The maximum Gasteiger partial charge on any atom is 0.136 e. The van der Waals surface area contributed by atoms with E-state index in [0.29, 0.717) is 19.8 Å². The summed E-state index contributed by atoms with van der Waals surface area (Å²) in [6.45, 7) is 7.83. The number of halogens is 1. The minimum atomic E-state index is -0.128. The molecule has 0 heterocycles. The molecule has 0 bridgehead atoms. The minimum absolute atomic E-state index is 0.128. The summed E-state index contributed by atoms with van der Waals surface area (Å²) in [6.07, 6.45) is 0.814. The number of para-hydroxylation sites is 1. The Hall–Kier alpha value is -0.580. The van der Waals surface area contributed by atoms with Gasteiger partial charge in [0.15, 0.2) is 0 Å². The highest BCUT2D eigenvalue weighted by molar-refractivity contribution is 9.10. The van der Waals surface area contributed by atoms with Gasteiger partial charge in [-0.1, -0.05) is 12.1 Å². The van der Waals surface area contributed by atoms with Gasteiger partial charge in [-0.25, -0.2) is 0 Å². The second-order valence-corrected chi connectivity index (χ2v) is 5.93. The van der Waals surface area contributed by atoms with E-state index in [1.165, 1.54) is 0 Å². The molecular formula is C14H22BrNO2. The van der Waals surface area contributed by atoms with E-state index in [0.717, 1.165) is 22.2 Å². The second kappa shape index (κ2) is 7.12. The van der Waals surface area contributed by atoms with Crippen LogP contribution in [0.1, 0.15) is 26.3 Å². The lowest BCUT2D eigenvalue weighted by molar-refractivity contribution is -0.0164. The molecule has 0 aliphatic rings. The molecule has 0 amide bonds. The third-order valence-electron chi connectivity index (χ3n) is 2.33. The van der Waals surface area contributed by atoms with Gasteiger partial charge in [-0.3, -0.25) is 0 Å². The third kappa shape index (κ3) is 5.38. The normalized spacial score (nSPS) is 11.6. The monoisotopic (exact) mass is 315 g/mol. The summed E-state index contributed by atoms with van der Waals surface area (Å²) >= 11 is 3.50. The van der Waals surface area contributed by atoms with Crippen molar-refractivity contribution >= 4 is 15.9 Å². The summed E-state index contributed by atoms with van der Waals surface area (Å²) in [5, 5.41) is 0. The summed E-state index contributed by atoms with van der Waals surface area (Å²) in [5.74, 6) is 0.875. The number of nitrogens with two attached hydrogens (primary N) is 1. The fourth-order valence-corrected chi connectivity index (χ4v) is 2.08. The average Bonchev–Trinajstić information content (AvgIpc) is 2.26. The van der Waals surface area contributed by atoms with Gasteiger partial charge in [0.25, 0.3) is 0 Å². The minimum Gasteiger partial charge on any atom is -0.490 e. The number of rotatable bonds is 6. The van der Waals surface area contributed by atoms with Crippen molar-refractivity contribution in [2.45, 2.75) is 32.8 Å². The summed E-state index contributed by atoms with van der Waals surface area (Å²) in [4.78, 5) is 0. The zero-order chi connectivity index (χ0) is 13.6. The van der Waals surface area contributed by atoms with E-state index >= 15 is 0 Å². The van der Waals surface area contributed by atoms with E-state index in [-0.39, 0.29) is 5.60 Å². The van der Waals surface area contributed by atoms with Crippen LogP contribution in [0.5, 0.6) is 5.75 Å². The second-order valence-electron chi connectivity index (χ2n) is 5.08. The first-order valence-corrected chi connectivity index (χ1v) is 6.97. The molecule has 0 fully saturated rings. The van der Waals surface area contributed by atoms with Gasteiger partial charge < -0.3 is 15.2 Å². The maximum atomic E-state index is 5.79. The molecule has 1 rings (SSSR count). The molecule has 1 aromatic rings. The van der Waals surface area contributed by atoms with E-state index < -0.39 is 0 Å². The largest absolute Gasteiger partial charge is 0.490 e. The van der Waals surface area contributed by atoms with E-state index in [2.05, 4.69) is 15.9 Å². The highest BCUT2D eigenvalue weighted by Gasteiger charge is 2.11. The lowest BCUT2D eigenvalue weighted by Crippen LogP contribution is -2.22. The molecule has 18 heavy (non-hydrogen) atoms. The molecule has 102 valence electrons. The van der Waals surface area contributed by atoms with Crippen molar-refractivity contribution in [3.63, 3.8) is 0 Å². The lowest BCUT2D eigenvalue weighted by atomic mass is 10.1. The van der Waals surface area contributed by atoms with Gasteiger partial charge in [0.2, 0.25) is 0 Å². The summed E-state index contributed by atoms with van der Waals surface area (Å²) in [6, 6.07) is 6.01. The van der Waals surface area contributed by atoms with Crippen LogP contribution >= 0.6 is 15.9 Å². The van der Waals surface area contributed by atoms with Gasteiger partial charge in [-0.15, -0.1) is 0 Å². The van der Waals surface area contributed by atoms with Gasteiger partial charge in [0.05, 0.1) is 16.7 Å². The van der Waals surface area contributed by atoms with Crippen LogP contribution in [0.3, 0.4) is 0 Å². The summed E-state index contributed by atoms with van der Waals surface area (Å²) in [5.41, 5.74) is 6.60. The van der Waals surface area contributed by atoms with Crippen LogP contribution < -0.4 is 10.5 Å². The van der Waals surface area contributed by atoms with Gasteiger partial charge in [0.1, 0.15) is 12.4 Å². The summed E-state index contributed by atoms with van der Waals surface area (Å²) in [7, 11) is 0. The quantitative estimate of drug-likeness (QED) is 0.820. The Morgan fingerprint density at radius 1 is 1.22 bits per heavy atom. The van der Waals surface area contributed by atoms with Crippen LogP contribution in [0.2, 0.25) is 0 Å². The Labute approximate surface area is 118 Å². The van der Waals surface area contributed by atoms with Crippen LogP contribution in [0.4, 0.5) is 0 Å². The fourth-order valence-electron chi connectivity index (χ4n) is 1.56. The van der Waals surface area contributed by atoms with Crippen molar-refractivity contribution in [3.8, 4) is 5.75 Å². The predicted octanol–water partition coefficient (Wildman–Crippen LogP) is 3.14. The summed E-state index contributed by atoms with van der Waals surface area (Å²) < 4.78 is 12.4. The first-order chi connectivity index (χ1) is 8.44. The molecule has 4 heteroatoms. The van der Waals surface area contributed by atoms with Crippen molar-refractivity contribution in [2.24, 2.45) is 5.73 Å². The van der Waals surface area contributed by atoms with Crippen LogP contribution in [-0.2, 0) is 11.2 Å². The predicted molar refractivity (Wildman–Crippen MR) is 78.1 cm³/mol. The Bertz CT molecular complexity index is 375. The molecule has 2 N–H and O–H groups in total. The molecule has 0 spiro atoms. The molecule has 0 unspecified atom stereocenters. The molecule has 0 radical (unpaired) electrons. The van der Waals surface area contributed by atoms with Gasteiger partial charge >= 0.3 is 0 Å². The first kappa shape index (κ1) is 15.5. The number of hydrogen-bond acceptors (Lipinski definition) is 3. The lowest BCUT2D eigenvalue weighted by Gasteiger charge is -2.20. The standard InChI is InChI=1S/C14H22BrNO2/c1-14(2,3)18-10-9-17-13-11(7-8-16)5-4-6-12(13)15/h4-6H,7-10,16H2,1-3H3. The van der Waals surface area contributed by atoms with Crippen LogP contribution in [0.25, 0.3) is 0 Å². The van der Waals surface area contributed by atoms with Crippen molar-refractivity contribution in [1.29, 1.82) is 0 Å². The Balaban J connectivity index is 2.55. The first-order valence-electron chi connectivity index (χ1n) is 6.18. The average molecular weight is 316 g/mol. The van der Waals surface area contributed by atoms with E-state index in [1.54, 1.807) is 0 Å². The molecule has 0 aliphatic heterocycles. The zero-order valence-electron chi connectivity index (χ0n) is 11.3. The van der Waals surface area contributed by atoms with Crippen LogP contribution in [0.15, 0.2) is 22.7 Å². The Morgan fingerprint density at radius 2 is 1.94 bits per heavy atom. The third-order valence-corrected chi connectivity index (χ3v) is 2.95. The van der Waals surface area contributed by atoms with Gasteiger partial charge in [-0.2, -0.15) is 0 Å². The SMILES string of the molecule is CC(C)(C)OCCOc1c(Br)cccc1CCN. The Kier molecular flexibility index (Phi) is 6.12. The van der Waals surface area contributed by atoms with Crippen molar-refractivity contribution in [2.75, 3.05) is 19.8 Å². The molecular weight excluding hydrogens is 294 g/mol. The van der Waals surface area contributed by atoms with Gasteiger partial charge in [0, 0.05) is 0 Å². The zero-order valence-corrected chi connectivity index (χ0v) is 12.9. The van der Waals surface area contributed by atoms with Crippen molar-refractivity contribution < 1.29 is 9.47 Å². The molecule has 0 saturated heterocycles. The topological polar surface area (TPSA) is 44.5 Å². The Morgan fingerprint density at radius 3 is 2.56 bits per heavy atom. The molecule has 0 aliphatic carbocycles. The molecule has 0 aromatic heterocycles. The molecule has 1 aromatic carbocycles.